The van der Waals surface area contributed by atoms with E-state index in [2.05, 4.69) is 15.3 Å². The Morgan fingerprint density at radius 2 is 2.32 bits per heavy atom. The van der Waals surface area contributed by atoms with Crippen LogP contribution in [-0.4, -0.2) is 35.9 Å². The highest BCUT2D eigenvalue weighted by atomic mass is 16.5. The molecule has 0 fully saturated rings. The molecule has 0 spiro atoms. The van der Waals surface area contributed by atoms with Crippen LogP contribution in [-0.2, 0) is 6.42 Å². The summed E-state index contributed by atoms with van der Waals surface area (Å²) in [6.45, 7) is 0.479. The van der Waals surface area contributed by atoms with Gasteiger partial charge >= 0.3 is 6.03 Å². The van der Waals surface area contributed by atoms with Gasteiger partial charge < -0.3 is 4.74 Å². The topological polar surface area (TPSA) is 108 Å². The largest absolute Gasteiger partial charge is 0.494 e. The quantitative estimate of drug-likeness (QED) is 0.860. The second-order valence-electron chi connectivity index (χ2n) is 5.41. The first kappa shape index (κ1) is 16.4. The van der Waals surface area contributed by atoms with E-state index in [9.17, 15) is 9.59 Å². The van der Waals surface area contributed by atoms with Gasteiger partial charge in [0.25, 0.3) is 0 Å². The number of aryl methyl sites for hydroxylation is 1. The average molecular weight is 337 g/mol. The highest BCUT2D eigenvalue weighted by molar-refractivity contribution is 6.01. The zero-order valence-electron chi connectivity index (χ0n) is 13.5. The summed E-state index contributed by atoms with van der Waals surface area (Å²) in [5.74, 6) is 1.17. The molecule has 0 aromatic carbocycles. The zero-order valence-corrected chi connectivity index (χ0v) is 13.5. The number of hydrogen-bond acceptors (Lipinski definition) is 6. The van der Waals surface area contributed by atoms with Crippen molar-refractivity contribution in [1.82, 2.24) is 9.97 Å². The van der Waals surface area contributed by atoms with E-state index in [0.29, 0.717) is 35.8 Å². The van der Waals surface area contributed by atoms with Crippen molar-refractivity contribution in [1.29, 1.82) is 5.26 Å². The van der Waals surface area contributed by atoms with Gasteiger partial charge in [0.15, 0.2) is 6.29 Å². The van der Waals surface area contributed by atoms with Gasteiger partial charge in [-0.2, -0.15) is 5.26 Å². The summed E-state index contributed by atoms with van der Waals surface area (Å²) in [4.78, 5) is 33.6. The molecule has 0 unspecified atom stereocenters. The van der Waals surface area contributed by atoms with Crippen molar-refractivity contribution in [3.05, 3.63) is 41.2 Å². The lowest BCUT2D eigenvalue weighted by atomic mass is 10.0. The molecular formula is C17H15N5O3. The van der Waals surface area contributed by atoms with Crippen LogP contribution in [0.1, 0.15) is 28.0 Å². The maximum absolute atomic E-state index is 12.6. The number of nitrogens with zero attached hydrogens (tertiary/aromatic N) is 4. The number of anilines is 2. The minimum atomic E-state index is -0.396. The van der Waals surface area contributed by atoms with Gasteiger partial charge in [-0.15, -0.1) is 0 Å². The molecule has 0 saturated carbocycles. The van der Waals surface area contributed by atoms with Gasteiger partial charge in [0.1, 0.15) is 29.1 Å². The molecule has 2 amide bonds. The SMILES string of the molecule is COc1cc2c(nc1C=O)N(C(=O)Nc1ccc(C#N)cn1)CCC2. The van der Waals surface area contributed by atoms with Crippen molar-refractivity contribution in [2.24, 2.45) is 0 Å². The smallest absolute Gasteiger partial charge is 0.328 e. The highest BCUT2D eigenvalue weighted by Crippen LogP contribution is 2.30. The Morgan fingerprint density at radius 3 is 2.96 bits per heavy atom. The van der Waals surface area contributed by atoms with E-state index < -0.39 is 6.03 Å². The molecule has 8 heteroatoms. The van der Waals surface area contributed by atoms with Gasteiger partial charge in [-0.3, -0.25) is 15.0 Å². The van der Waals surface area contributed by atoms with Crippen LogP contribution >= 0.6 is 0 Å². The Hall–Kier alpha value is -3.47. The number of aromatic nitrogens is 2. The first-order chi connectivity index (χ1) is 12.2. The lowest BCUT2D eigenvalue weighted by Crippen LogP contribution is -2.39. The summed E-state index contributed by atoms with van der Waals surface area (Å²) in [6.07, 6.45) is 3.50. The van der Waals surface area contributed by atoms with E-state index in [1.165, 1.54) is 18.2 Å². The van der Waals surface area contributed by atoms with E-state index in [1.54, 1.807) is 18.2 Å². The van der Waals surface area contributed by atoms with Crippen LogP contribution < -0.4 is 15.0 Å². The van der Waals surface area contributed by atoms with E-state index in [0.717, 1.165) is 18.4 Å². The number of ether oxygens (including phenoxy) is 1. The van der Waals surface area contributed by atoms with Gasteiger partial charge in [-0.1, -0.05) is 0 Å². The van der Waals surface area contributed by atoms with E-state index in [1.807, 2.05) is 6.07 Å². The number of methoxy groups -OCH3 is 1. The number of pyridine rings is 2. The molecule has 0 atom stereocenters. The summed E-state index contributed by atoms with van der Waals surface area (Å²) in [6, 6.07) is 6.44. The molecule has 2 aromatic heterocycles. The summed E-state index contributed by atoms with van der Waals surface area (Å²) in [5.41, 5.74) is 1.40. The fourth-order valence-corrected chi connectivity index (χ4v) is 2.65. The summed E-state index contributed by atoms with van der Waals surface area (Å²) in [5, 5.41) is 11.5. The van der Waals surface area contributed by atoms with Gasteiger partial charge in [-0.25, -0.2) is 14.8 Å². The van der Waals surface area contributed by atoms with Crippen molar-refractivity contribution in [2.75, 3.05) is 23.9 Å². The number of urea groups is 1. The molecule has 1 N–H and O–H groups in total. The number of carbonyl (C=O) groups excluding carboxylic acids is 2. The molecule has 1 aliphatic rings. The molecule has 0 aliphatic carbocycles. The Labute approximate surface area is 144 Å². The molecule has 25 heavy (non-hydrogen) atoms. The number of carbonyl (C=O) groups is 2. The third-order valence-corrected chi connectivity index (χ3v) is 3.86. The normalized spacial score (nSPS) is 12.7. The van der Waals surface area contributed by atoms with Crippen LogP contribution in [0, 0.1) is 11.3 Å². The van der Waals surface area contributed by atoms with Crippen molar-refractivity contribution in [2.45, 2.75) is 12.8 Å². The number of rotatable bonds is 3. The molecule has 0 saturated heterocycles. The van der Waals surface area contributed by atoms with Gasteiger partial charge in [0, 0.05) is 12.7 Å². The lowest BCUT2D eigenvalue weighted by molar-refractivity contribution is 0.111. The Balaban J connectivity index is 1.87. The minimum Gasteiger partial charge on any atom is -0.494 e. The predicted octanol–water partition coefficient (Wildman–Crippen LogP) is 2.15. The molecule has 0 radical (unpaired) electrons. The van der Waals surface area contributed by atoms with Crippen molar-refractivity contribution in [3.63, 3.8) is 0 Å². The molecule has 3 heterocycles. The average Bonchev–Trinajstić information content (AvgIpc) is 2.66. The molecule has 3 rings (SSSR count). The Kier molecular flexibility index (Phi) is 4.57. The van der Waals surface area contributed by atoms with Crippen LogP contribution in [0.2, 0.25) is 0 Å². The first-order valence-electron chi connectivity index (χ1n) is 7.64. The summed E-state index contributed by atoms with van der Waals surface area (Å²) in [7, 11) is 1.47. The monoisotopic (exact) mass is 337 g/mol. The Bertz CT molecular complexity index is 858. The summed E-state index contributed by atoms with van der Waals surface area (Å²) >= 11 is 0. The third kappa shape index (κ3) is 3.26. The Morgan fingerprint density at radius 1 is 1.48 bits per heavy atom. The van der Waals surface area contributed by atoms with Crippen LogP contribution in [0.3, 0.4) is 0 Å². The zero-order chi connectivity index (χ0) is 17.8. The van der Waals surface area contributed by atoms with Crippen LogP contribution in [0.25, 0.3) is 0 Å². The maximum atomic E-state index is 12.6. The van der Waals surface area contributed by atoms with Gasteiger partial charge in [0.2, 0.25) is 0 Å². The van der Waals surface area contributed by atoms with Crippen LogP contribution in [0.5, 0.6) is 5.75 Å². The maximum Gasteiger partial charge on any atom is 0.328 e. The van der Waals surface area contributed by atoms with Crippen LogP contribution in [0.15, 0.2) is 24.4 Å². The number of nitrogens with one attached hydrogen (secondary N) is 1. The number of nitriles is 1. The van der Waals surface area contributed by atoms with Crippen molar-refractivity contribution in [3.8, 4) is 11.8 Å². The standard InChI is InChI=1S/C17H15N5O3/c1-25-14-7-12-3-2-6-22(16(12)20-13(14)10-23)17(24)21-15-5-4-11(8-18)9-19-15/h4-5,7,9-10H,2-3,6H2,1H3,(H,19,21,24). The number of hydrogen-bond donors (Lipinski definition) is 1. The van der Waals surface area contributed by atoms with E-state index >= 15 is 0 Å². The first-order valence-corrected chi connectivity index (χ1v) is 7.64. The number of aldehydes is 1. The molecule has 0 bridgehead atoms. The second-order valence-corrected chi connectivity index (χ2v) is 5.41. The lowest BCUT2D eigenvalue weighted by Gasteiger charge is -2.28. The molecule has 8 nitrogen and oxygen atoms in total. The van der Waals surface area contributed by atoms with Crippen molar-refractivity contribution < 1.29 is 14.3 Å². The number of fused-ring (bicyclic) bond motifs is 1. The highest BCUT2D eigenvalue weighted by Gasteiger charge is 2.26. The molecular weight excluding hydrogens is 322 g/mol. The number of amides is 2. The molecule has 126 valence electrons. The summed E-state index contributed by atoms with van der Waals surface area (Å²) < 4.78 is 5.17. The van der Waals surface area contributed by atoms with E-state index in [-0.39, 0.29) is 5.69 Å². The second kappa shape index (κ2) is 6.97. The van der Waals surface area contributed by atoms with Crippen LogP contribution in [0.4, 0.5) is 16.4 Å². The van der Waals surface area contributed by atoms with E-state index in [4.69, 9.17) is 10.00 Å². The van der Waals surface area contributed by atoms with Crippen molar-refractivity contribution >= 4 is 24.0 Å². The fourth-order valence-electron chi connectivity index (χ4n) is 2.65. The molecule has 1 aliphatic heterocycles. The predicted molar refractivity (Wildman–Crippen MR) is 89.8 cm³/mol. The van der Waals surface area contributed by atoms with Gasteiger partial charge in [0.05, 0.1) is 12.7 Å². The van der Waals surface area contributed by atoms with Gasteiger partial charge in [-0.05, 0) is 36.6 Å². The molecule has 2 aromatic rings. The third-order valence-electron chi connectivity index (χ3n) is 3.86. The fraction of sp³-hybridized carbons (Fsp3) is 0.235. The minimum absolute atomic E-state index is 0.150.